The van der Waals surface area contributed by atoms with Gasteiger partial charge < -0.3 is 10.6 Å². The van der Waals surface area contributed by atoms with Crippen molar-refractivity contribution < 1.29 is 4.79 Å². The largest absolute Gasteiger partial charge is 0.323 e. The highest BCUT2D eigenvalue weighted by atomic mass is 16.1. The van der Waals surface area contributed by atoms with Crippen molar-refractivity contribution in [2.24, 2.45) is 10.9 Å². The van der Waals surface area contributed by atoms with Crippen molar-refractivity contribution in [3.05, 3.63) is 0 Å². The van der Waals surface area contributed by atoms with Gasteiger partial charge in [0.1, 0.15) is 6.79 Å². The highest BCUT2D eigenvalue weighted by molar-refractivity contribution is 5.78. The molecule has 0 heterocycles. The first-order chi connectivity index (χ1) is 3.27. The molecule has 0 radical (unpaired) electrons. The van der Waals surface area contributed by atoms with Crippen molar-refractivity contribution in [1.29, 1.82) is 0 Å². The van der Waals surface area contributed by atoms with E-state index in [0.29, 0.717) is 0 Å². The van der Waals surface area contributed by atoms with Gasteiger partial charge in [0, 0.05) is 5.71 Å². The summed E-state index contributed by atoms with van der Waals surface area (Å²) in [6.07, 6.45) is 0. The van der Waals surface area contributed by atoms with E-state index in [2.05, 4.69) is 5.10 Å². The van der Waals surface area contributed by atoms with Gasteiger partial charge >= 0.3 is 0 Å². The van der Waals surface area contributed by atoms with Crippen LogP contribution >= 0.6 is 0 Å². The summed E-state index contributed by atoms with van der Waals surface area (Å²) in [5, 5.41) is 3.31. The Morgan fingerprint density at radius 1 is 1.57 bits per heavy atom. The molecule has 0 aromatic carbocycles. The maximum atomic E-state index is 8.00. The monoisotopic (exact) mass is 102 g/mol. The van der Waals surface area contributed by atoms with Gasteiger partial charge in [-0.05, 0) is 13.8 Å². The summed E-state index contributed by atoms with van der Waals surface area (Å²) in [6, 6.07) is 0. The van der Waals surface area contributed by atoms with Gasteiger partial charge in [0.2, 0.25) is 0 Å². The highest BCUT2D eigenvalue weighted by Crippen LogP contribution is 1.59. The van der Waals surface area contributed by atoms with Crippen LogP contribution in [0.5, 0.6) is 0 Å². The van der Waals surface area contributed by atoms with Gasteiger partial charge in [0.25, 0.3) is 0 Å². The van der Waals surface area contributed by atoms with Crippen LogP contribution in [0.2, 0.25) is 0 Å². The zero-order valence-electron chi connectivity index (χ0n) is 4.64. The molecule has 0 fully saturated rings. The number of carbonyl (C=O) groups is 1. The first-order valence-corrected chi connectivity index (χ1v) is 1.77. The lowest BCUT2D eigenvalue weighted by molar-refractivity contribution is -0.0979. The van der Waals surface area contributed by atoms with Gasteiger partial charge in [-0.2, -0.15) is 5.10 Å². The molecular formula is C4H10N2O. The lowest BCUT2D eigenvalue weighted by Gasteiger charge is -1.74. The Labute approximate surface area is 43.2 Å². The molecule has 42 valence electrons. The fourth-order valence-electron chi connectivity index (χ4n) is 0. The van der Waals surface area contributed by atoms with Gasteiger partial charge in [0.15, 0.2) is 0 Å². The molecule has 0 rings (SSSR count). The number of nitrogens with two attached hydrogens (primary N) is 1. The average Bonchev–Trinajstić information content (AvgIpc) is 1.73. The average molecular weight is 102 g/mol. The summed E-state index contributed by atoms with van der Waals surface area (Å²) in [7, 11) is 0. The SMILES string of the molecule is C=O.CC(C)=NN. The predicted molar refractivity (Wildman–Crippen MR) is 30.1 cm³/mol. The minimum absolute atomic E-state index is 0.907. The Balaban J connectivity index is 0. The van der Waals surface area contributed by atoms with Gasteiger partial charge in [-0.25, -0.2) is 0 Å². The smallest absolute Gasteiger partial charge is 0.106 e. The summed E-state index contributed by atoms with van der Waals surface area (Å²) < 4.78 is 0. The maximum absolute atomic E-state index is 8.00. The van der Waals surface area contributed by atoms with Crippen molar-refractivity contribution >= 4 is 12.5 Å². The summed E-state index contributed by atoms with van der Waals surface area (Å²) in [4.78, 5) is 8.00. The first-order valence-electron chi connectivity index (χ1n) is 1.77. The van der Waals surface area contributed by atoms with Crippen LogP contribution < -0.4 is 5.84 Å². The summed E-state index contributed by atoms with van der Waals surface area (Å²) in [5.41, 5.74) is 0.907. The molecule has 7 heavy (non-hydrogen) atoms. The molecule has 0 bridgehead atoms. The van der Waals surface area contributed by atoms with E-state index in [0.717, 1.165) is 5.71 Å². The maximum Gasteiger partial charge on any atom is 0.106 e. The van der Waals surface area contributed by atoms with Crippen LogP contribution in [-0.4, -0.2) is 12.5 Å². The van der Waals surface area contributed by atoms with E-state index in [9.17, 15) is 0 Å². The summed E-state index contributed by atoms with van der Waals surface area (Å²) in [5.74, 6) is 4.76. The highest BCUT2D eigenvalue weighted by Gasteiger charge is 1.63. The van der Waals surface area contributed by atoms with E-state index in [4.69, 9.17) is 10.6 Å². The van der Waals surface area contributed by atoms with Crippen molar-refractivity contribution in [3.63, 3.8) is 0 Å². The van der Waals surface area contributed by atoms with E-state index in [1.54, 1.807) is 0 Å². The molecule has 2 N–H and O–H groups in total. The Morgan fingerprint density at radius 3 is 1.71 bits per heavy atom. The molecule has 0 aliphatic carbocycles. The molecule has 3 heteroatoms. The van der Waals surface area contributed by atoms with Crippen LogP contribution in [0.4, 0.5) is 0 Å². The molecular weight excluding hydrogens is 92.1 g/mol. The topological polar surface area (TPSA) is 55.5 Å². The number of hydrazone groups is 1. The standard InChI is InChI=1S/C3H8N2.CH2O/c1-3(2)5-4;1-2/h4H2,1-2H3;1H2. The number of carbonyl (C=O) groups excluding carboxylic acids is 1. The third-order valence-electron chi connectivity index (χ3n) is 0.258. The van der Waals surface area contributed by atoms with E-state index < -0.39 is 0 Å². The van der Waals surface area contributed by atoms with Crippen molar-refractivity contribution in [3.8, 4) is 0 Å². The fourth-order valence-corrected chi connectivity index (χ4v) is 0. The van der Waals surface area contributed by atoms with Crippen LogP contribution in [0.15, 0.2) is 5.10 Å². The number of hydrogen-bond acceptors (Lipinski definition) is 3. The molecule has 0 unspecified atom stereocenters. The predicted octanol–water partition coefficient (Wildman–Crippen LogP) is 0.156. The van der Waals surface area contributed by atoms with Gasteiger partial charge in [-0.3, -0.25) is 0 Å². The molecule has 0 atom stereocenters. The van der Waals surface area contributed by atoms with Crippen molar-refractivity contribution in [2.45, 2.75) is 13.8 Å². The van der Waals surface area contributed by atoms with Crippen molar-refractivity contribution in [1.82, 2.24) is 0 Å². The van der Waals surface area contributed by atoms with Gasteiger partial charge in [0.05, 0.1) is 0 Å². The molecule has 0 aromatic heterocycles. The zero-order chi connectivity index (χ0) is 6.28. The number of hydrogen-bond donors (Lipinski definition) is 1. The van der Waals surface area contributed by atoms with Crippen LogP contribution in [0.25, 0.3) is 0 Å². The third kappa shape index (κ3) is 39.0. The second-order valence-corrected chi connectivity index (χ2v) is 1.08. The fraction of sp³-hybridized carbons (Fsp3) is 0.500. The molecule has 0 spiro atoms. The second-order valence-electron chi connectivity index (χ2n) is 1.08. The molecule has 0 aliphatic heterocycles. The summed E-state index contributed by atoms with van der Waals surface area (Å²) in [6.45, 7) is 5.69. The minimum Gasteiger partial charge on any atom is -0.323 e. The molecule has 0 aliphatic rings. The first kappa shape index (κ1) is 9.46. The Bertz CT molecular complexity index is 56.7. The molecule has 0 amide bonds. The van der Waals surface area contributed by atoms with E-state index in [1.165, 1.54) is 0 Å². The summed E-state index contributed by atoms with van der Waals surface area (Å²) >= 11 is 0. The van der Waals surface area contributed by atoms with Crippen LogP contribution in [0.1, 0.15) is 13.8 Å². The number of nitrogens with zero attached hydrogens (tertiary/aromatic N) is 1. The van der Waals surface area contributed by atoms with E-state index in [-0.39, 0.29) is 0 Å². The normalized spacial score (nSPS) is 5.43. The molecule has 0 saturated heterocycles. The van der Waals surface area contributed by atoms with E-state index in [1.807, 2.05) is 20.6 Å². The van der Waals surface area contributed by atoms with E-state index >= 15 is 0 Å². The Hall–Kier alpha value is -0.860. The lowest BCUT2D eigenvalue weighted by Crippen LogP contribution is -1.86. The van der Waals surface area contributed by atoms with Crippen LogP contribution in [0, 0.1) is 0 Å². The number of rotatable bonds is 0. The third-order valence-corrected chi connectivity index (χ3v) is 0.258. The Kier molecular flexibility index (Phi) is 12.1. The van der Waals surface area contributed by atoms with Crippen molar-refractivity contribution in [2.75, 3.05) is 0 Å². The van der Waals surface area contributed by atoms with Gasteiger partial charge in [-0.15, -0.1) is 0 Å². The second kappa shape index (κ2) is 8.94. The van der Waals surface area contributed by atoms with Crippen LogP contribution in [0.3, 0.4) is 0 Å². The zero-order valence-corrected chi connectivity index (χ0v) is 4.64. The quantitative estimate of drug-likeness (QED) is 0.269. The minimum atomic E-state index is 0.907. The Morgan fingerprint density at radius 2 is 1.71 bits per heavy atom. The molecule has 3 nitrogen and oxygen atoms in total. The molecule has 0 saturated carbocycles. The lowest BCUT2D eigenvalue weighted by atomic mass is 10.5. The van der Waals surface area contributed by atoms with Gasteiger partial charge in [-0.1, -0.05) is 0 Å². The van der Waals surface area contributed by atoms with Crippen LogP contribution in [-0.2, 0) is 4.79 Å². The molecule has 0 aromatic rings.